The standard InChI is InChI=1S/C13H18N4O3S/c1-8-6-17-7-11(4-5-12(17)14-8)16-21(18,19)13-9(2)15-20-10(13)3/h6,11,16H,4-5,7H2,1-3H3/t11-/m1/s1. The lowest BCUT2D eigenvalue weighted by Gasteiger charge is -2.24. The van der Waals surface area contributed by atoms with E-state index in [9.17, 15) is 8.42 Å². The highest BCUT2D eigenvalue weighted by atomic mass is 32.2. The number of fused-ring (bicyclic) bond motifs is 1. The molecule has 3 heterocycles. The van der Waals surface area contributed by atoms with Crippen LogP contribution in [-0.2, 0) is 23.0 Å². The Kier molecular flexibility index (Phi) is 3.37. The van der Waals surface area contributed by atoms with Crippen molar-refractivity contribution in [3.05, 3.63) is 29.2 Å². The SMILES string of the molecule is Cc1cn2c(n1)CC[C@@H](NS(=O)(=O)c1c(C)noc1C)C2. The third kappa shape index (κ3) is 2.60. The van der Waals surface area contributed by atoms with Gasteiger partial charge in [-0.2, -0.15) is 0 Å². The van der Waals surface area contributed by atoms with Crippen LogP contribution in [0.5, 0.6) is 0 Å². The number of nitrogens with one attached hydrogen (secondary N) is 1. The lowest BCUT2D eigenvalue weighted by molar-refractivity contribution is 0.390. The molecule has 0 saturated carbocycles. The zero-order valence-corrected chi connectivity index (χ0v) is 13.1. The van der Waals surface area contributed by atoms with E-state index in [1.807, 2.05) is 17.7 Å². The van der Waals surface area contributed by atoms with Crippen molar-refractivity contribution in [2.75, 3.05) is 0 Å². The molecule has 0 saturated heterocycles. The van der Waals surface area contributed by atoms with E-state index in [-0.39, 0.29) is 10.9 Å². The Labute approximate surface area is 123 Å². The molecule has 0 fully saturated rings. The minimum absolute atomic E-state index is 0.148. The first kappa shape index (κ1) is 14.3. The molecule has 7 nitrogen and oxygen atoms in total. The number of nitrogens with zero attached hydrogens (tertiary/aromatic N) is 3. The van der Waals surface area contributed by atoms with Gasteiger partial charge < -0.3 is 9.09 Å². The second-order valence-corrected chi connectivity index (χ2v) is 7.11. The summed E-state index contributed by atoms with van der Waals surface area (Å²) >= 11 is 0. The summed E-state index contributed by atoms with van der Waals surface area (Å²) < 4.78 is 34.7. The van der Waals surface area contributed by atoms with E-state index in [1.165, 1.54) is 0 Å². The Balaban J connectivity index is 1.81. The molecule has 0 radical (unpaired) electrons. The molecule has 1 aliphatic rings. The molecule has 0 bridgehead atoms. The first-order valence-corrected chi connectivity index (χ1v) is 8.33. The number of hydrogen-bond acceptors (Lipinski definition) is 5. The molecule has 2 aromatic heterocycles. The number of hydrogen-bond donors (Lipinski definition) is 1. The minimum atomic E-state index is -3.61. The van der Waals surface area contributed by atoms with Crippen molar-refractivity contribution < 1.29 is 12.9 Å². The van der Waals surface area contributed by atoms with Crippen molar-refractivity contribution in [2.24, 2.45) is 0 Å². The van der Waals surface area contributed by atoms with E-state index < -0.39 is 10.0 Å². The van der Waals surface area contributed by atoms with Crippen molar-refractivity contribution in [1.82, 2.24) is 19.4 Å². The highest BCUT2D eigenvalue weighted by Gasteiger charge is 2.29. The van der Waals surface area contributed by atoms with Gasteiger partial charge in [0.15, 0.2) is 5.76 Å². The van der Waals surface area contributed by atoms with Crippen LogP contribution >= 0.6 is 0 Å². The Morgan fingerprint density at radius 3 is 2.81 bits per heavy atom. The molecule has 1 aliphatic heterocycles. The van der Waals surface area contributed by atoms with Crippen LogP contribution in [0.4, 0.5) is 0 Å². The van der Waals surface area contributed by atoms with Gasteiger partial charge in [-0.15, -0.1) is 0 Å². The quantitative estimate of drug-likeness (QED) is 0.916. The van der Waals surface area contributed by atoms with Gasteiger partial charge >= 0.3 is 0 Å². The predicted octanol–water partition coefficient (Wildman–Crippen LogP) is 1.09. The molecule has 8 heteroatoms. The third-order valence-electron chi connectivity index (χ3n) is 3.67. The maximum atomic E-state index is 12.5. The fourth-order valence-corrected chi connectivity index (χ4v) is 4.41. The zero-order valence-electron chi connectivity index (χ0n) is 12.3. The second-order valence-electron chi connectivity index (χ2n) is 5.46. The average Bonchev–Trinajstić information content (AvgIpc) is 2.90. The number of imidazole rings is 1. The summed E-state index contributed by atoms with van der Waals surface area (Å²) in [5.74, 6) is 1.33. The van der Waals surface area contributed by atoms with Gasteiger partial charge in [-0.05, 0) is 27.2 Å². The van der Waals surface area contributed by atoms with Gasteiger partial charge in [0.1, 0.15) is 16.4 Å². The van der Waals surface area contributed by atoms with Crippen LogP contribution in [0.3, 0.4) is 0 Å². The minimum Gasteiger partial charge on any atom is -0.360 e. The molecule has 0 amide bonds. The number of rotatable bonds is 3. The first-order valence-electron chi connectivity index (χ1n) is 6.84. The summed E-state index contributed by atoms with van der Waals surface area (Å²) in [6.07, 6.45) is 3.45. The monoisotopic (exact) mass is 310 g/mol. The van der Waals surface area contributed by atoms with E-state index in [4.69, 9.17) is 4.52 Å². The summed E-state index contributed by atoms with van der Waals surface area (Å²) in [6.45, 7) is 5.77. The van der Waals surface area contributed by atoms with E-state index in [2.05, 4.69) is 14.9 Å². The third-order valence-corrected chi connectivity index (χ3v) is 5.44. The zero-order chi connectivity index (χ0) is 15.2. The average molecular weight is 310 g/mol. The maximum Gasteiger partial charge on any atom is 0.246 e. The Bertz CT molecular complexity index is 756. The van der Waals surface area contributed by atoms with Crippen molar-refractivity contribution in [2.45, 2.75) is 51.1 Å². The topological polar surface area (TPSA) is 90.0 Å². The molecule has 1 atom stereocenters. The van der Waals surface area contributed by atoms with Crippen LogP contribution in [0.1, 0.15) is 29.4 Å². The molecule has 1 N–H and O–H groups in total. The van der Waals surface area contributed by atoms with Gasteiger partial charge in [0.05, 0.1) is 5.69 Å². The van der Waals surface area contributed by atoms with E-state index in [0.29, 0.717) is 18.0 Å². The summed E-state index contributed by atoms with van der Waals surface area (Å²) in [5.41, 5.74) is 1.34. The van der Waals surface area contributed by atoms with E-state index in [0.717, 1.165) is 24.4 Å². The van der Waals surface area contributed by atoms with Crippen LogP contribution in [-0.4, -0.2) is 29.2 Å². The van der Waals surface area contributed by atoms with Gasteiger partial charge in [0, 0.05) is 25.2 Å². The number of sulfonamides is 1. The van der Waals surface area contributed by atoms with Gasteiger partial charge in [-0.1, -0.05) is 5.16 Å². The second kappa shape index (κ2) is 4.96. The lowest BCUT2D eigenvalue weighted by atomic mass is 10.1. The van der Waals surface area contributed by atoms with E-state index in [1.54, 1.807) is 13.8 Å². The van der Waals surface area contributed by atoms with Crippen LogP contribution in [0, 0.1) is 20.8 Å². The smallest absolute Gasteiger partial charge is 0.246 e. The Morgan fingerprint density at radius 1 is 1.38 bits per heavy atom. The van der Waals surface area contributed by atoms with Crippen LogP contribution < -0.4 is 4.72 Å². The molecular weight excluding hydrogens is 292 g/mol. The fraction of sp³-hybridized carbons (Fsp3) is 0.538. The predicted molar refractivity (Wildman–Crippen MR) is 75.4 cm³/mol. The maximum absolute atomic E-state index is 12.5. The summed E-state index contributed by atoms with van der Waals surface area (Å²) in [4.78, 5) is 4.57. The Morgan fingerprint density at radius 2 is 2.14 bits per heavy atom. The molecule has 0 aliphatic carbocycles. The number of aromatic nitrogens is 3. The van der Waals surface area contributed by atoms with E-state index >= 15 is 0 Å². The molecule has 21 heavy (non-hydrogen) atoms. The number of aryl methyl sites for hydroxylation is 4. The van der Waals surface area contributed by atoms with Crippen LogP contribution in [0.15, 0.2) is 15.6 Å². The molecule has 0 unspecified atom stereocenters. The molecule has 114 valence electrons. The highest BCUT2D eigenvalue weighted by molar-refractivity contribution is 7.89. The van der Waals surface area contributed by atoms with Crippen LogP contribution in [0.25, 0.3) is 0 Å². The van der Waals surface area contributed by atoms with Gasteiger partial charge in [0.2, 0.25) is 10.0 Å². The van der Waals surface area contributed by atoms with Crippen molar-refractivity contribution >= 4 is 10.0 Å². The normalized spacial score (nSPS) is 18.7. The first-order chi connectivity index (χ1) is 9.87. The van der Waals surface area contributed by atoms with Crippen molar-refractivity contribution in [3.8, 4) is 0 Å². The summed E-state index contributed by atoms with van der Waals surface area (Å²) in [7, 11) is -3.61. The highest BCUT2D eigenvalue weighted by Crippen LogP contribution is 2.21. The largest absolute Gasteiger partial charge is 0.360 e. The van der Waals surface area contributed by atoms with Crippen molar-refractivity contribution in [3.63, 3.8) is 0 Å². The molecule has 0 spiro atoms. The van der Waals surface area contributed by atoms with Crippen LogP contribution in [0.2, 0.25) is 0 Å². The molecule has 0 aromatic carbocycles. The molecule has 3 rings (SSSR count). The van der Waals surface area contributed by atoms with Crippen molar-refractivity contribution in [1.29, 1.82) is 0 Å². The summed E-state index contributed by atoms with van der Waals surface area (Å²) in [6, 6.07) is -0.148. The van der Waals surface area contributed by atoms with Gasteiger partial charge in [-0.3, -0.25) is 0 Å². The van der Waals surface area contributed by atoms with Gasteiger partial charge in [0.25, 0.3) is 0 Å². The van der Waals surface area contributed by atoms with Gasteiger partial charge in [-0.25, -0.2) is 18.1 Å². The molecular formula is C13H18N4O3S. The lowest BCUT2D eigenvalue weighted by Crippen LogP contribution is -2.41. The fourth-order valence-electron chi connectivity index (χ4n) is 2.82. The Hall–Kier alpha value is -1.67. The molecule has 2 aromatic rings. The summed E-state index contributed by atoms with van der Waals surface area (Å²) in [5, 5.41) is 3.71.